The number of hydrogen-bond acceptors (Lipinski definition) is 6. The lowest BCUT2D eigenvalue weighted by atomic mass is 10.2. The Morgan fingerprint density at radius 2 is 2.05 bits per heavy atom. The van der Waals surface area contributed by atoms with Gasteiger partial charge in [-0.1, -0.05) is 6.07 Å². The molecule has 3 aromatic rings. The summed E-state index contributed by atoms with van der Waals surface area (Å²) in [6.45, 7) is 3.77. The Labute approximate surface area is 126 Å². The van der Waals surface area contributed by atoms with Gasteiger partial charge in [0.1, 0.15) is 25.4 Å². The van der Waals surface area contributed by atoms with E-state index in [1.54, 1.807) is 4.52 Å². The van der Waals surface area contributed by atoms with Crippen LogP contribution in [-0.2, 0) is 6.54 Å². The molecule has 0 unspecified atom stereocenters. The lowest BCUT2D eigenvalue weighted by Crippen LogP contribution is -2.15. The van der Waals surface area contributed by atoms with Gasteiger partial charge >= 0.3 is 0 Å². The third kappa shape index (κ3) is 2.30. The van der Waals surface area contributed by atoms with Gasteiger partial charge < -0.3 is 14.8 Å². The number of aryl methyl sites for hydroxylation is 1. The van der Waals surface area contributed by atoms with Crippen LogP contribution in [0.15, 0.2) is 30.6 Å². The average molecular weight is 297 g/mol. The van der Waals surface area contributed by atoms with Crippen molar-refractivity contribution >= 4 is 11.6 Å². The summed E-state index contributed by atoms with van der Waals surface area (Å²) in [5.41, 5.74) is 2.00. The number of aromatic nitrogens is 4. The van der Waals surface area contributed by atoms with Crippen LogP contribution in [0.4, 0.5) is 5.82 Å². The molecule has 0 radical (unpaired) electrons. The second-order valence-electron chi connectivity index (χ2n) is 5.09. The Bertz CT molecular complexity index is 830. The van der Waals surface area contributed by atoms with Gasteiger partial charge in [0, 0.05) is 18.3 Å². The molecule has 1 aliphatic heterocycles. The number of fused-ring (bicyclic) bond motifs is 2. The molecule has 2 aromatic heterocycles. The highest BCUT2D eigenvalue weighted by atomic mass is 16.6. The molecule has 112 valence electrons. The molecular weight excluding hydrogens is 282 g/mol. The maximum absolute atomic E-state index is 5.60. The first-order valence-electron chi connectivity index (χ1n) is 7.09. The Balaban J connectivity index is 1.58. The van der Waals surface area contributed by atoms with E-state index < -0.39 is 0 Å². The number of ether oxygens (including phenoxy) is 2. The van der Waals surface area contributed by atoms with E-state index in [2.05, 4.69) is 20.4 Å². The van der Waals surface area contributed by atoms with E-state index in [0.29, 0.717) is 25.5 Å². The van der Waals surface area contributed by atoms with Crippen LogP contribution >= 0.6 is 0 Å². The van der Waals surface area contributed by atoms with E-state index >= 15 is 0 Å². The molecule has 0 saturated carbocycles. The molecule has 0 atom stereocenters. The van der Waals surface area contributed by atoms with Crippen molar-refractivity contribution in [1.29, 1.82) is 0 Å². The first-order chi connectivity index (χ1) is 10.8. The van der Waals surface area contributed by atoms with Gasteiger partial charge in [0.05, 0.1) is 0 Å². The van der Waals surface area contributed by atoms with E-state index in [4.69, 9.17) is 9.47 Å². The maximum Gasteiger partial charge on any atom is 0.254 e. The number of anilines is 1. The van der Waals surface area contributed by atoms with E-state index in [0.717, 1.165) is 28.6 Å². The lowest BCUT2D eigenvalue weighted by molar-refractivity contribution is 0.171. The minimum atomic E-state index is 0.588. The fourth-order valence-corrected chi connectivity index (χ4v) is 2.45. The fraction of sp³-hybridized carbons (Fsp3) is 0.267. The zero-order chi connectivity index (χ0) is 14.9. The first-order valence-corrected chi connectivity index (χ1v) is 7.09. The van der Waals surface area contributed by atoms with Crippen molar-refractivity contribution < 1.29 is 9.47 Å². The Morgan fingerprint density at radius 1 is 1.18 bits per heavy atom. The van der Waals surface area contributed by atoms with Crippen molar-refractivity contribution in [2.24, 2.45) is 0 Å². The second kappa shape index (κ2) is 5.18. The van der Waals surface area contributed by atoms with Crippen LogP contribution in [0.1, 0.15) is 11.3 Å². The van der Waals surface area contributed by atoms with Gasteiger partial charge in [-0.15, -0.1) is 0 Å². The molecule has 0 saturated heterocycles. The molecule has 1 aliphatic rings. The molecule has 0 spiro atoms. The Morgan fingerprint density at radius 3 is 2.95 bits per heavy atom. The highest BCUT2D eigenvalue weighted by molar-refractivity contribution is 5.47. The molecule has 0 amide bonds. The van der Waals surface area contributed by atoms with Crippen molar-refractivity contribution in [2.75, 3.05) is 18.5 Å². The molecule has 0 bridgehead atoms. The quantitative estimate of drug-likeness (QED) is 0.795. The molecule has 0 fully saturated rings. The van der Waals surface area contributed by atoms with Gasteiger partial charge in [-0.05, 0) is 24.6 Å². The highest BCUT2D eigenvalue weighted by Gasteiger charge is 2.12. The second-order valence-corrected chi connectivity index (χ2v) is 5.09. The normalized spacial score (nSPS) is 13.3. The van der Waals surface area contributed by atoms with E-state index in [1.807, 2.05) is 31.2 Å². The summed E-state index contributed by atoms with van der Waals surface area (Å²) in [7, 11) is 0. The van der Waals surface area contributed by atoms with Crippen molar-refractivity contribution in [3.63, 3.8) is 0 Å². The molecule has 1 aromatic carbocycles. The van der Waals surface area contributed by atoms with Gasteiger partial charge in [-0.25, -0.2) is 4.98 Å². The predicted molar refractivity (Wildman–Crippen MR) is 80.3 cm³/mol. The van der Waals surface area contributed by atoms with E-state index in [-0.39, 0.29) is 0 Å². The average Bonchev–Trinajstić information content (AvgIpc) is 3.00. The Kier molecular flexibility index (Phi) is 3.03. The predicted octanol–water partition coefficient (Wildman–Crippen LogP) is 1.82. The summed E-state index contributed by atoms with van der Waals surface area (Å²) in [4.78, 5) is 8.44. The van der Waals surface area contributed by atoms with Crippen molar-refractivity contribution in [2.45, 2.75) is 13.5 Å². The maximum atomic E-state index is 5.60. The van der Waals surface area contributed by atoms with Crippen LogP contribution in [-0.4, -0.2) is 32.8 Å². The summed E-state index contributed by atoms with van der Waals surface area (Å²) >= 11 is 0. The summed E-state index contributed by atoms with van der Waals surface area (Å²) in [6, 6.07) is 7.90. The summed E-state index contributed by atoms with van der Waals surface area (Å²) in [5.74, 6) is 3.04. The zero-order valence-electron chi connectivity index (χ0n) is 12.1. The van der Waals surface area contributed by atoms with Crippen molar-refractivity contribution in [3.8, 4) is 11.5 Å². The molecule has 3 heterocycles. The van der Waals surface area contributed by atoms with Crippen LogP contribution in [0.3, 0.4) is 0 Å². The number of nitrogens with zero attached hydrogens (tertiary/aromatic N) is 4. The molecule has 7 heteroatoms. The van der Waals surface area contributed by atoms with Gasteiger partial charge in [0.15, 0.2) is 11.5 Å². The fourth-order valence-electron chi connectivity index (χ4n) is 2.45. The smallest absolute Gasteiger partial charge is 0.254 e. The number of hydrogen-bond donors (Lipinski definition) is 1. The largest absolute Gasteiger partial charge is 0.486 e. The summed E-state index contributed by atoms with van der Waals surface area (Å²) in [6.07, 6.45) is 1.50. The number of benzene rings is 1. The molecule has 7 nitrogen and oxygen atoms in total. The topological polar surface area (TPSA) is 73.6 Å². The van der Waals surface area contributed by atoms with Crippen molar-refractivity contribution in [1.82, 2.24) is 19.6 Å². The minimum absolute atomic E-state index is 0.588. The molecule has 0 aliphatic carbocycles. The van der Waals surface area contributed by atoms with Crippen molar-refractivity contribution in [3.05, 3.63) is 41.9 Å². The molecule has 4 rings (SSSR count). The first kappa shape index (κ1) is 12.9. The van der Waals surface area contributed by atoms with Gasteiger partial charge in [-0.3, -0.25) is 0 Å². The molecule has 1 N–H and O–H groups in total. The molecular formula is C15H15N5O2. The third-order valence-corrected chi connectivity index (χ3v) is 3.46. The SMILES string of the molecule is Cc1cc(NCc2ccc3c(c2)OCCO3)n2ncnc2n1. The lowest BCUT2D eigenvalue weighted by Gasteiger charge is -2.19. The standard InChI is InChI=1S/C15H15N5O2/c1-10-6-14(20-15(19-10)17-9-18-20)16-8-11-2-3-12-13(7-11)22-5-4-21-12/h2-3,6-7,9,16H,4-5,8H2,1H3. The van der Waals surface area contributed by atoms with Gasteiger partial charge in [0.25, 0.3) is 5.78 Å². The van der Waals surface area contributed by atoms with E-state index in [1.165, 1.54) is 6.33 Å². The third-order valence-electron chi connectivity index (χ3n) is 3.46. The number of nitrogens with one attached hydrogen (secondary N) is 1. The van der Waals surface area contributed by atoms with Crippen LogP contribution in [0.2, 0.25) is 0 Å². The van der Waals surface area contributed by atoms with Crippen LogP contribution in [0.5, 0.6) is 11.5 Å². The summed E-state index contributed by atoms with van der Waals surface area (Å²) < 4.78 is 12.8. The van der Waals surface area contributed by atoms with Crippen LogP contribution in [0.25, 0.3) is 5.78 Å². The van der Waals surface area contributed by atoms with Crippen LogP contribution < -0.4 is 14.8 Å². The number of rotatable bonds is 3. The van der Waals surface area contributed by atoms with E-state index in [9.17, 15) is 0 Å². The monoisotopic (exact) mass is 297 g/mol. The minimum Gasteiger partial charge on any atom is -0.486 e. The summed E-state index contributed by atoms with van der Waals surface area (Å²) in [5, 5.41) is 7.54. The van der Waals surface area contributed by atoms with Crippen LogP contribution in [0, 0.1) is 6.92 Å². The van der Waals surface area contributed by atoms with Gasteiger partial charge in [-0.2, -0.15) is 14.6 Å². The Hall–Kier alpha value is -2.83. The molecule has 22 heavy (non-hydrogen) atoms. The highest BCUT2D eigenvalue weighted by Crippen LogP contribution is 2.30. The zero-order valence-corrected chi connectivity index (χ0v) is 12.1. The van der Waals surface area contributed by atoms with Gasteiger partial charge in [0.2, 0.25) is 0 Å².